The fraction of sp³-hybridized carbons (Fsp3) is 0.462. The molecule has 3 heteroatoms. The summed E-state index contributed by atoms with van der Waals surface area (Å²) in [4.78, 5) is 11.1. The number of benzene rings is 1. The lowest BCUT2D eigenvalue weighted by atomic mass is 9.75. The molecule has 1 unspecified atom stereocenters. The van der Waals surface area contributed by atoms with Crippen LogP contribution in [-0.4, -0.2) is 6.03 Å². The van der Waals surface area contributed by atoms with Crippen LogP contribution in [0.1, 0.15) is 41.5 Å². The first kappa shape index (κ1) is 9.70. The van der Waals surface area contributed by atoms with Gasteiger partial charge in [0.2, 0.25) is 0 Å². The summed E-state index contributed by atoms with van der Waals surface area (Å²) in [6, 6.07) is 1.88. The second-order valence-electron chi connectivity index (χ2n) is 4.91. The van der Waals surface area contributed by atoms with Gasteiger partial charge in [0.1, 0.15) is 0 Å². The number of anilines is 1. The van der Waals surface area contributed by atoms with Gasteiger partial charge >= 0.3 is 6.03 Å². The maximum absolute atomic E-state index is 11.1. The average molecular weight is 216 g/mol. The lowest BCUT2D eigenvalue weighted by molar-refractivity contribution is 0.259. The van der Waals surface area contributed by atoms with Crippen LogP contribution in [0.25, 0.3) is 0 Å². The Morgan fingerprint density at radius 2 is 2.25 bits per heavy atom. The van der Waals surface area contributed by atoms with Gasteiger partial charge in [-0.05, 0) is 53.9 Å². The molecule has 0 aliphatic heterocycles. The Kier molecular flexibility index (Phi) is 1.96. The highest BCUT2D eigenvalue weighted by Crippen LogP contribution is 2.45. The molecule has 0 heterocycles. The number of nitrogens with two attached hydrogens (primary N) is 1. The molecule has 3 rings (SSSR count). The van der Waals surface area contributed by atoms with Crippen molar-refractivity contribution in [2.45, 2.75) is 38.5 Å². The second-order valence-corrected chi connectivity index (χ2v) is 4.91. The molecule has 1 aromatic rings. The Morgan fingerprint density at radius 3 is 2.94 bits per heavy atom. The monoisotopic (exact) mass is 216 g/mol. The molecule has 1 aromatic carbocycles. The number of carbonyl (C=O) groups is 1. The lowest BCUT2D eigenvalue weighted by Gasteiger charge is -2.31. The minimum Gasteiger partial charge on any atom is -0.351 e. The van der Waals surface area contributed by atoms with Crippen LogP contribution >= 0.6 is 0 Å². The minimum atomic E-state index is -0.443. The number of fused-ring (bicyclic) bond motifs is 2. The van der Waals surface area contributed by atoms with Crippen LogP contribution in [0.5, 0.6) is 0 Å². The van der Waals surface area contributed by atoms with E-state index in [0.717, 1.165) is 24.9 Å². The van der Waals surface area contributed by atoms with Gasteiger partial charge in [-0.15, -0.1) is 0 Å². The van der Waals surface area contributed by atoms with Crippen molar-refractivity contribution in [2.75, 3.05) is 5.32 Å². The van der Waals surface area contributed by atoms with E-state index in [1.165, 1.54) is 28.7 Å². The normalized spacial score (nSPS) is 20.9. The summed E-state index contributed by atoms with van der Waals surface area (Å²) >= 11 is 0. The molecule has 2 aliphatic rings. The van der Waals surface area contributed by atoms with E-state index < -0.39 is 6.03 Å². The van der Waals surface area contributed by atoms with Crippen molar-refractivity contribution in [1.82, 2.24) is 0 Å². The zero-order chi connectivity index (χ0) is 11.3. The topological polar surface area (TPSA) is 55.1 Å². The minimum absolute atomic E-state index is 0.443. The Morgan fingerprint density at radius 1 is 1.44 bits per heavy atom. The van der Waals surface area contributed by atoms with Crippen molar-refractivity contribution in [3.63, 3.8) is 0 Å². The van der Waals surface area contributed by atoms with Crippen LogP contribution in [0.3, 0.4) is 0 Å². The van der Waals surface area contributed by atoms with Crippen molar-refractivity contribution >= 4 is 11.7 Å². The smallest absolute Gasteiger partial charge is 0.316 e. The highest BCUT2D eigenvalue weighted by Gasteiger charge is 2.30. The molecule has 0 radical (unpaired) electrons. The van der Waals surface area contributed by atoms with E-state index in [1.807, 2.05) is 0 Å². The first-order chi connectivity index (χ1) is 7.66. The number of hydrogen-bond donors (Lipinski definition) is 2. The molecular formula is C13H16N2O. The van der Waals surface area contributed by atoms with Crippen LogP contribution in [-0.2, 0) is 19.3 Å². The molecule has 1 atom stereocenters. The Balaban J connectivity index is 2.15. The zero-order valence-electron chi connectivity index (χ0n) is 9.47. The molecule has 0 bridgehead atoms. The first-order valence-electron chi connectivity index (χ1n) is 5.91. The number of amides is 2. The van der Waals surface area contributed by atoms with Crippen LogP contribution in [0.4, 0.5) is 10.5 Å². The van der Waals surface area contributed by atoms with Crippen molar-refractivity contribution in [2.24, 2.45) is 5.73 Å². The number of primary amides is 1. The zero-order valence-corrected chi connectivity index (χ0v) is 9.47. The average Bonchev–Trinajstić information content (AvgIpc) is 2.63. The molecule has 2 amide bonds. The van der Waals surface area contributed by atoms with Crippen LogP contribution < -0.4 is 11.1 Å². The molecule has 0 saturated carbocycles. The van der Waals surface area contributed by atoms with E-state index in [-0.39, 0.29) is 0 Å². The van der Waals surface area contributed by atoms with Crippen molar-refractivity contribution in [3.8, 4) is 0 Å². The first-order valence-corrected chi connectivity index (χ1v) is 5.91. The summed E-state index contributed by atoms with van der Waals surface area (Å²) in [7, 11) is 0. The molecule has 84 valence electrons. The third kappa shape index (κ3) is 1.24. The largest absolute Gasteiger partial charge is 0.351 e. The van der Waals surface area contributed by atoms with E-state index in [2.05, 4.69) is 18.3 Å². The number of nitrogens with one attached hydrogen (secondary N) is 1. The van der Waals surface area contributed by atoms with E-state index in [0.29, 0.717) is 5.92 Å². The summed E-state index contributed by atoms with van der Waals surface area (Å²) in [6.45, 7) is 2.20. The summed E-state index contributed by atoms with van der Waals surface area (Å²) in [5, 5.41) is 2.83. The molecule has 0 saturated heterocycles. The van der Waals surface area contributed by atoms with Crippen molar-refractivity contribution < 1.29 is 4.79 Å². The molecule has 3 N–H and O–H groups in total. The quantitative estimate of drug-likeness (QED) is 0.743. The highest BCUT2D eigenvalue weighted by molar-refractivity contribution is 5.91. The standard InChI is InChI=1S/C13H16N2O/c1-7-5-9-6-8-3-2-4-10(8)12(11(7)9)15-13(14)16/h6-7H,2-5H2,1H3,(H3,14,15,16). The summed E-state index contributed by atoms with van der Waals surface area (Å²) in [6.07, 6.45) is 4.55. The van der Waals surface area contributed by atoms with Gasteiger partial charge in [-0.3, -0.25) is 0 Å². The molecule has 16 heavy (non-hydrogen) atoms. The molecule has 0 aromatic heterocycles. The third-order valence-electron chi connectivity index (χ3n) is 3.79. The molecule has 0 spiro atoms. The maximum atomic E-state index is 11.1. The fourth-order valence-corrected chi connectivity index (χ4v) is 3.12. The number of carbonyl (C=O) groups excluding carboxylic acids is 1. The maximum Gasteiger partial charge on any atom is 0.316 e. The van der Waals surface area contributed by atoms with E-state index in [1.54, 1.807) is 0 Å². The molecule has 3 nitrogen and oxygen atoms in total. The fourth-order valence-electron chi connectivity index (χ4n) is 3.12. The van der Waals surface area contributed by atoms with Gasteiger partial charge in [0.15, 0.2) is 0 Å². The summed E-state index contributed by atoms with van der Waals surface area (Å²) in [5.41, 5.74) is 11.7. The van der Waals surface area contributed by atoms with Gasteiger partial charge in [0, 0.05) is 5.69 Å². The lowest BCUT2D eigenvalue weighted by Crippen LogP contribution is -2.25. The van der Waals surface area contributed by atoms with Crippen molar-refractivity contribution in [3.05, 3.63) is 28.3 Å². The number of hydrogen-bond acceptors (Lipinski definition) is 1. The number of urea groups is 1. The summed E-state index contributed by atoms with van der Waals surface area (Å²) < 4.78 is 0. The third-order valence-corrected chi connectivity index (χ3v) is 3.79. The Bertz CT molecular complexity index is 476. The molecule has 0 fully saturated rings. The van der Waals surface area contributed by atoms with Gasteiger partial charge in [0.05, 0.1) is 0 Å². The van der Waals surface area contributed by atoms with E-state index in [4.69, 9.17) is 5.73 Å². The van der Waals surface area contributed by atoms with Crippen LogP contribution in [0.2, 0.25) is 0 Å². The van der Waals surface area contributed by atoms with Gasteiger partial charge in [-0.1, -0.05) is 13.0 Å². The number of aryl methyl sites for hydroxylation is 1. The van der Waals surface area contributed by atoms with Gasteiger partial charge in [0.25, 0.3) is 0 Å². The second kappa shape index (κ2) is 3.24. The van der Waals surface area contributed by atoms with Crippen LogP contribution in [0.15, 0.2) is 6.07 Å². The Hall–Kier alpha value is -1.51. The molecule has 2 aliphatic carbocycles. The van der Waals surface area contributed by atoms with Gasteiger partial charge in [-0.2, -0.15) is 0 Å². The predicted octanol–water partition coefficient (Wildman–Crippen LogP) is 2.33. The van der Waals surface area contributed by atoms with Crippen LogP contribution in [0, 0.1) is 0 Å². The number of rotatable bonds is 1. The SMILES string of the molecule is CC1Cc2cc3c(c(NC(N)=O)c21)CCC3. The Labute approximate surface area is 95.0 Å². The van der Waals surface area contributed by atoms with E-state index >= 15 is 0 Å². The van der Waals surface area contributed by atoms with Gasteiger partial charge in [-0.25, -0.2) is 4.79 Å². The van der Waals surface area contributed by atoms with Crippen molar-refractivity contribution in [1.29, 1.82) is 0 Å². The molecular weight excluding hydrogens is 200 g/mol. The van der Waals surface area contributed by atoms with Gasteiger partial charge < -0.3 is 11.1 Å². The summed E-state index contributed by atoms with van der Waals surface area (Å²) in [5.74, 6) is 0.558. The highest BCUT2D eigenvalue weighted by atomic mass is 16.2. The van der Waals surface area contributed by atoms with E-state index in [9.17, 15) is 4.79 Å². The predicted molar refractivity (Wildman–Crippen MR) is 63.8 cm³/mol.